The lowest BCUT2D eigenvalue weighted by molar-refractivity contribution is 0.0191. The average molecular weight is 368 g/mol. The van der Waals surface area contributed by atoms with Crippen molar-refractivity contribution in [1.29, 1.82) is 0 Å². The molecule has 2 saturated heterocycles. The zero-order valence-corrected chi connectivity index (χ0v) is 15.5. The second-order valence-electron chi connectivity index (χ2n) is 7.43. The zero-order chi connectivity index (χ0) is 18.7. The Morgan fingerprint density at radius 1 is 1.19 bits per heavy atom. The molecule has 1 amide bonds. The van der Waals surface area contributed by atoms with Crippen molar-refractivity contribution in [2.45, 2.75) is 32.2 Å². The minimum absolute atomic E-state index is 0.00554. The van der Waals surface area contributed by atoms with E-state index in [1.54, 1.807) is 24.8 Å². The molecule has 1 atom stereocenters. The van der Waals surface area contributed by atoms with Gasteiger partial charge in [0, 0.05) is 44.9 Å². The Bertz CT molecular complexity index is 777. The number of likely N-dealkylation sites (tertiary alicyclic amines) is 1. The molecule has 0 aliphatic carbocycles. The SMILES string of the molecule is C[C@H](Nc1ncc(C(=O)N2CCC3(CCOCC3)C2)cn1)c1ccnnc1. The minimum atomic E-state index is -0.00554. The lowest BCUT2D eigenvalue weighted by atomic mass is 9.80. The van der Waals surface area contributed by atoms with Crippen LogP contribution in [0, 0.1) is 5.41 Å². The second kappa shape index (κ2) is 7.56. The number of aromatic nitrogens is 4. The first kappa shape index (κ1) is 17.8. The van der Waals surface area contributed by atoms with Gasteiger partial charge in [-0.2, -0.15) is 10.2 Å². The van der Waals surface area contributed by atoms with Crippen LogP contribution in [0.2, 0.25) is 0 Å². The summed E-state index contributed by atoms with van der Waals surface area (Å²) in [5.74, 6) is 0.495. The highest BCUT2D eigenvalue weighted by atomic mass is 16.5. The van der Waals surface area contributed by atoms with E-state index < -0.39 is 0 Å². The standard InChI is InChI=1S/C19H24N6O2/c1-14(15-2-6-22-23-12-15)24-18-20-10-16(11-21-18)17(26)25-7-3-19(13-25)4-8-27-9-5-19/h2,6,10-12,14H,3-5,7-9,13H2,1H3,(H,20,21,24)/t14-/m0/s1. The van der Waals surface area contributed by atoms with E-state index in [0.29, 0.717) is 11.5 Å². The molecule has 0 unspecified atom stereocenters. The Kier molecular flexibility index (Phi) is 4.98. The van der Waals surface area contributed by atoms with Gasteiger partial charge in [0.2, 0.25) is 5.95 Å². The smallest absolute Gasteiger partial charge is 0.257 e. The van der Waals surface area contributed by atoms with Crippen LogP contribution in [0.5, 0.6) is 0 Å². The van der Waals surface area contributed by atoms with Gasteiger partial charge in [0.25, 0.3) is 5.91 Å². The quantitative estimate of drug-likeness (QED) is 0.883. The third kappa shape index (κ3) is 3.90. The number of ether oxygens (including phenoxy) is 1. The van der Waals surface area contributed by atoms with Crippen molar-refractivity contribution in [3.63, 3.8) is 0 Å². The van der Waals surface area contributed by atoms with Crippen molar-refractivity contribution < 1.29 is 9.53 Å². The molecule has 2 aliphatic rings. The van der Waals surface area contributed by atoms with Crippen molar-refractivity contribution in [3.05, 3.63) is 42.0 Å². The Hall–Kier alpha value is -2.61. The number of hydrogen-bond donors (Lipinski definition) is 1. The monoisotopic (exact) mass is 368 g/mol. The van der Waals surface area contributed by atoms with Crippen LogP contribution in [0.1, 0.15) is 48.1 Å². The Labute approximate surface area is 158 Å². The van der Waals surface area contributed by atoms with Crippen LogP contribution >= 0.6 is 0 Å². The van der Waals surface area contributed by atoms with Gasteiger partial charge in [0.15, 0.2) is 0 Å². The molecule has 2 fully saturated rings. The number of hydrogen-bond acceptors (Lipinski definition) is 7. The molecule has 8 heteroatoms. The fraction of sp³-hybridized carbons (Fsp3) is 0.526. The van der Waals surface area contributed by atoms with E-state index in [0.717, 1.165) is 51.1 Å². The first-order valence-corrected chi connectivity index (χ1v) is 9.37. The molecule has 2 aromatic heterocycles. The van der Waals surface area contributed by atoms with E-state index in [4.69, 9.17) is 4.74 Å². The molecule has 27 heavy (non-hydrogen) atoms. The molecule has 1 spiro atoms. The first-order valence-electron chi connectivity index (χ1n) is 9.37. The van der Waals surface area contributed by atoms with Gasteiger partial charge in [-0.05, 0) is 43.2 Å². The highest BCUT2D eigenvalue weighted by molar-refractivity contribution is 5.94. The van der Waals surface area contributed by atoms with E-state index in [-0.39, 0.29) is 17.4 Å². The third-order valence-corrected chi connectivity index (χ3v) is 5.63. The van der Waals surface area contributed by atoms with Gasteiger partial charge in [-0.1, -0.05) is 0 Å². The second-order valence-corrected chi connectivity index (χ2v) is 7.43. The van der Waals surface area contributed by atoms with Gasteiger partial charge < -0.3 is 15.0 Å². The van der Waals surface area contributed by atoms with Crippen molar-refractivity contribution >= 4 is 11.9 Å². The van der Waals surface area contributed by atoms with Gasteiger partial charge >= 0.3 is 0 Å². The summed E-state index contributed by atoms with van der Waals surface area (Å²) >= 11 is 0. The molecule has 8 nitrogen and oxygen atoms in total. The van der Waals surface area contributed by atoms with Crippen molar-refractivity contribution in [1.82, 2.24) is 25.1 Å². The molecule has 2 aromatic rings. The molecule has 142 valence electrons. The van der Waals surface area contributed by atoms with Crippen LogP contribution in [-0.4, -0.2) is 57.3 Å². The van der Waals surface area contributed by atoms with Crippen molar-refractivity contribution in [2.24, 2.45) is 5.41 Å². The molecule has 0 saturated carbocycles. The predicted molar refractivity (Wildman–Crippen MR) is 99.1 cm³/mol. The fourth-order valence-electron chi connectivity index (χ4n) is 3.85. The van der Waals surface area contributed by atoms with Gasteiger partial charge in [-0.3, -0.25) is 4.79 Å². The van der Waals surface area contributed by atoms with Gasteiger partial charge in [-0.15, -0.1) is 0 Å². The van der Waals surface area contributed by atoms with Crippen LogP contribution in [0.4, 0.5) is 5.95 Å². The third-order valence-electron chi connectivity index (χ3n) is 5.63. The van der Waals surface area contributed by atoms with Crippen LogP contribution in [0.15, 0.2) is 30.9 Å². The molecular weight excluding hydrogens is 344 g/mol. The summed E-state index contributed by atoms with van der Waals surface area (Å²) in [6.45, 7) is 5.20. The normalized spacial score (nSPS) is 19.8. The molecule has 2 aliphatic heterocycles. The lowest BCUT2D eigenvalue weighted by Gasteiger charge is -2.33. The van der Waals surface area contributed by atoms with Gasteiger partial charge in [0.1, 0.15) is 0 Å². The molecule has 0 bridgehead atoms. The number of carbonyl (C=O) groups excluding carboxylic acids is 1. The summed E-state index contributed by atoms with van der Waals surface area (Å²) < 4.78 is 5.48. The van der Waals surface area contributed by atoms with E-state index in [2.05, 4.69) is 25.5 Å². The number of amides is 1. The summed E-state index contributed by atoms with van der Waals surface area (Å²) in [5, 5.41) is 10.9. The topological polar surface area (TPSA) is 93.1 Å². The number of nitrogens with zero attached hydrogens (tertiary/aromatic N) is 5. The Morgan fingerprint density at radius 2 is 1.96 bits per heavy atom. The van der Waals surface area contributed by atoms with Gasteiger partial charge in [-0.25, -0.2) is 9.97 Å². The summed E-state index contributed by atoms with van der Waals surface area (Å²) in [4.78, 5) is 23.4. The van der Waals surface area contributed by atoms with E-state index in [1.807, 2.05) is 17.9 Å². The highest BCUT2D eigenvalue weighted by Crippen LogP contribution is 2.40. The van der Waals surface area contributed by atoms with Gasteiger partial charge in [0.05, 0.1) is 17.8 Å². The van der Waals surface area contributed by atoms with E-state index >= 15 is 0 Å². The minimum Gasteiger partial charge on any atom is -0.381 e. The summed E-state index contributed by atoms with van der Waals surface area (Å²) in [6.07, 6.45) is 9.69. The fourth-order valence-corrected chi connectivity index (χ4v) is 3.85. The maximum atomic E-state index is 12.8. The summed E-state index contributed by atoms with van der Waals surface area (Å²) in [6, 6.07) is 1.89. The van der Waals surface area contributed by atoms with Crippen molar-refractivity contribution in [2.75, 3.05) is 31.6 Å². The molecule has 0 radical (unpaired) electrons. The average Bonchev–Trinajstić information content (AvgIpc) is 3.12. The number of rotatable bonds is 4. The van der Waals surface area contributed by atoms with E-state index in [9.17, 15) is 4.79 Å². The predicted octanol–water partition coefficient (Wildman–Crippen LogP) is 2.08. The lowest BCUT2D eigenvalue weighted by Crippen LogP contribution is -2.35. The molecule has 1 N–H and O–H groups in total. The zero-order valence-electron chi connectivity index (χ0n) is 15.5. The Morgan fingerprint density at radius 3 is 2.67 bits per heavy atom. The van der Waals surface area contributed by atoms with Crippen LogP contribution in [0.3, 0.4) is 0 Å². The molecular formula is C19H24N6O2. The maximum absolute atomic E-state index is 12.8. The summed E-state index contributed by atoms with van der Waals surface area (Å²) in [5.41, 5.74) is 1.76. The van der Waals surface area contributed by atoms with Crippen LogP contribution < -0.4 is 5.32 Å². The number of nitrogens with one attached hydrogen (secondary N) is 1. The molecule has 4 rings (SSSR count). The number of carbonyl (C=O) groups is 1. The van der Waals surface area contributed by atoms with Crippen LogP contribution in [0.25, 0.3) is 0 Å². The number of anilines is 1. The van der Waals surface area contributed by atoms with Crippen molar-refractivity contribution in [3.8, 4) is 0 Å². The highest BCUT2D eigenvalue weighted by Gasteiger charge is 2.41. The summed E-state index contributed by atoms with van der Waals surface area (Å²) in [7, 11) is 0. The van der Waals surface area contributed by atoms with Crippen LogP contribution in [-0.2, 0) is 4.74 Å². The maximum Gasteiger partial charge on any atom is 0.257 e. The molecule has 4 heterocycles. The van der Waals surface area contributed by atoms with E-state index in [1.165, 1.54) is 0 Å². The Balaban J connectivity index is 1.38. The largest absolute Gasteiger partial charge is 0.381 e. The molecule has 0 aromatic carbocycles. The first-order chi connectivity index (χ1) is 13.2.